The van der Waals surface area contributed by atoms with Crippen molar-refractivity contribution in [2.75, 3.05) is 32.8 Å². The molecule has 2 heterocycles. The van der Waals surface area contributed by atoms with Crippen LogP contribution in [0.15, 0.2) is 72.8 Å². The molecule has 0 spiro atoms. The fraction of sp³-hybridized carbons (Fsp3) is 0.444. The lowest BCUT2D eigenvalue weighted by molar-refractivity contribution is -0.276. The summed E-state index contributed by atoms with van der Waals surface area (Å²) < 4.78 is 18.2. The maximum absolute atomic E-state index is 12.3. The molecule has 45 heavy (non-hydrogen) atoms. The molecule has 9 heteroatoms. The second-order valence-corrected chi connectivity index (χ2v) is 11.8. The van der Waals surface area contributed by atoms with Gasteiger partial charge in [-0.15, -0.1) is 0 Å². The van der Waals surface area contributed by atoms with Crippen molar-refractivity contribution in [1.29, 1.82) is 0 Å². The number of carbonyl (C=O) groups excluding carboxylic acids is 2. The highest BCUT2D eigenvalue weighted by atomic mass is 16.7. The fourth-order valence-electron chi connectivity index (χ4n) is 6.10. The number of hydrogen-bond donors (Lipinski definition) is 3. The summed E-state index contributed by atoms with van der Waals surface area (Å²) in [6, 6.07) is 23.7. The Balaban J connectivity index is 1.30. The lowest BCUT2D eigenvalue weighted by atomic mass is 9.89. The molecule has 9 nitrogen and oxygen atoms in total. The summed E-state index contributed by atoms with van der Waals surface area (Å²) in [6.45, 7) is 7.41. The molecule has 2 aliphatic rings. The predicted octanol–water partition coefficient (Wildman–Crippen LogP) is 5.49. The Kier molecular flexibility index (Phi) is 11.6. The number of hydrogen-bond acceptors (Lipinski definition) is 7. The zero-order valence-electron chi connectivity index (χ0n) is 26.2. The Hall–Kier alpha value is -3.76. The van der Waals surface area contributed by atoms with Crippen molar-refractivity contribution in [2.24, 2.45) is 5.92 Å². The van der Waals surface area contributed by atoms with Gasteiger partial charge in [0, 0.05) is 24.6 Å². The number of ether oxygens (including phenoxy) is 3. The van der Waals surface area contributed by atoms with E-state index in [2.05, 4.69) is 58.9 Å². The van der Waals surface area contributed by atoms with Crippen LogP contribution < -0.4 is 10.6 Å². The molecule has 2 amide bonds. The highest BCUT2D eigenvalue weighted by Gasteiger charge is 2.39. The lowest BCUT2D eigenvalue weighted by Gasteiger charge is -2.43. The van der Waals surface area contributed by atoms with E-state index in [0.717, 1.165) is 53.0 Å². The summed E-state index contributed by atoms with van der Waals surface area (Å²) in [5.41, 5.74) is 5.86. The molecule has 0 radical (unpaired) electrons. The van der Waals surface area contributed by atoms with E-state index in [-0.39, 0.29) is 37.9 Å². The summed E-state index contributed by atoms with van der Waals surface area (Å²) in [5.74, 6) is -0.325. The van der Waals surface area contributed by atoms with E-state index >= 15 is 0 Å². The molecule has 0 aliphatic carbocycles. The van der Waals surface area contributed by atoms with Crippen LogP contribution in [0.5, 0.6) is 0 Å². The largest absolute Gasteiger partial charge is 0.465 e. The number of rotatable bonds is 11. The van der Waals surface area contributed by atoms with Gasteiger partial charge in [0.25, 0.3) is 0 Å². The molecular weight excluding hydrogens is 570 g/mol. The van der Waals surface area contributed by atoms with Gasteiger partial charge in [-0.1, -0.05) is 86.1 Å². The molecule has 2 aliphatic heterocycles. The van der Waals surface area contributed by atoms with Gasteiger partial charge in [0.1, 0.15) is 6.54 Å². The first kappa shape index (κ1) is 32.6. The van der Waals surface area contributed by atoms with Crippen LogP contribution in [0.1, 0.15) is 67.8 Å². The maximum Gasteiger partial charge on any atom is 0.325 e. The van der Waals surface area contributed by atoms with Gasteiger partial charge in [-0.3, -0.25) is 4.79 Å². The van der Waals surface area contributed by atoms with Gasteiger partial charge in [-0.25, -0.2) is 4.79 Å². The molecule has 4 unspecified atom stereocenters. The molecule has 2 saturated heterocycles. The van der Waals surface area contributed by atoms with Crippen molar-refractivity contribution in [2.45, 2.75) is 64.8 Å². The molecule has 0 saturated carbocycles. The van der Waals surface area contributed by atoms with E-state index < -0.39 is 18.3 Å². The molecule has 3 N–H and O–H groups in total. The zero-order valence-corrected chi connectivity index (χ0v) is 26.2. The van der Waals surface area contributed by atoms with Crippen LogP contribution in [0.25, 0.3) is 11.1 Å². The number of likely N-dealkylation sites (tertiary alicyclic amines) is 1. The normalized spacial score (nSPS) is 22.0. The number of esters is 1. The van der Waals surface area contributed by atoms with Crippen LogP contribution in [-0.4, -0.2) is 60.9 Å². The first-order chi connectivity index (χ1) is 21.9. The Labute approximate surface area is 265 Å². The molecular formula is C36H45N3O6. The third-order valence-corrected chi connectivity index (χ3v) is 8.66. The molecule has 0 aromatic heterocycles. The van der Waals surface area contributed by atoms with Crippen molar-refractivity contribution in [1.82, 2.24) is 15.5 Å². The smallest absolute Gasteiger partial charge is 0.325 e. The van der Waals surface area contributed by atoms with Gasteiger partial charge in [0.05, 0.1) is 25.4 Å². The average Bonchev–Trinajstić information content (AvgIpc) is 3.08. The molecule has 3 aromatic rings. The summed E-state index contributed by atoms with van der Waals surface area (Å²) in [5, 5.41) is 14.9. The van der Waals surface area contributed by atoms with Gasteiger partial charge in [0.2, 0.25) is 0 Å². The Bertz CT molecular complexity index is 1390. The summed E-state index contributed by atoms with van der Waals surface area (Å²) in [4.78, 5) is 26.3. The van der Waals surface area contributed by atoms with Crippen molar-refractivity contribution in [3.63, 3.8) is 0 Å². The van der Waals surface area contributed by atoms with Crippen molar-refractivity contribution in [3.8, 4) is 11.1 Å². The van der Waals surface area contributed by atoms with E-state index in [1.165, 1.54) is 19.3 Å². The van der Waals surface area contributed by atoms with Gasteiger partial charge in [-0.2, -0.15) is 0 Å². The number of carbonyl (C=O) groups is 2. The molecule has 4 atom stereocenters. The van der Waals surface area contributed by atoms with Gasteiger partial charge in [-0.05, 0) is 60.7 Å². The average molecular weight is 616 g/mol. The maximum atomic E-state index is 12.3. The van der Waals surface area contributed by atoms with Crippen LogP contribution in [0.3, 0.4) is 0 Å². The first-order valence-electron chi connectivity index (χ1n) is 16.0. The molecule has 0 bridgehead atoms. The number of nitrogens with zero attached hydrogens (tertiary/aromatic N) is 1. The number of benzene rings is 3. The highest BCUT2D eigenvalue weighted by Crippen LogP contribution is 2.42. The third kappa shape index (κ3) is 8.70. The standard InChI is InChI=1S/C36H45N3O6/c1-3-43-33(41)22-38-36(42)37-21-30-9-5-6-10-31(30)27-15-17-29(18-16-27)35-44-32(23-39-19-7-4-8-20-39)25(2)34(45-35)28-13-11-26(24-40)12-14-28/h5-6,9-18,25,32,34-35,40H,3-4,7-8,19-24H2,1-2H3,(H2,37,38,42). The molecule has 2 fully saturated rings. The quantitative estimate of drug-likeness (QED) is 0.245. The monoisotopic (exact) mass is 615 g/mol. The van der Waals surface area contributed by atoms with E-state index in [1.807, 2.05) is 36.4 Å². The van der Waals surface area contributed by atoms with Crippen LogP contribution in [-0.2, 0) is 32.2 Å². The summed E-state index contributed by atoms with van der Waals surface area (Å²) >= 11 is 0. The highest BCUT2D eigenvalue weighted by molar-refractivity contribution is 5.81. The fourth-order valence-corrected chi connectivity index (χ4v) is 6.10. The van der Waals surface area contributed by atoms with Crippen LogP contribution in [0, 0.1) is 5.92 Å². The number of piperidine rings is 1. The van der Waals surface area contributed by atoms with E-state index in [1.54, 1.807) is 6.92 Å². The van der Waals surface area contributed by atoms with E-state index in [4.69, 9.17) is 14.2 Å². The second-order valence-electron chi connectivity index (χ2n) is 11.8. The molecule has 3 aromatic carbocycles. The topological polar surface area (TPSA) is 109 Å². The zero-order chi connectivity index (χ0) is 31.6. The predicted molar refractivity (Wildman–Crippen MR) is 172 cm³/mol. The second kappa shape index (κ2) is 16.0. The van der Waals surface area contributed by atoms with Crippen LogP contribution in [0.2, 0.25) is 0 Å². The number of aliphatic hydroxyl groups is 1. The minimum absolute atomic E-state index is 0.00539. The van der Waals surface area contributed by atoms with Crippen molar-refractivity contribution >= 4 is 12.0 Å². The van der Waals surface area contributed by atoms with Gasteiger partial charge >= 0.3 is 12.0 Å². The number of nitrogens with one attached hydrogen (secondary N) is 2. The van der Waals surface area contributed by atoms with Gasteiger partial charge in [0.15, 0.2) is 6.29 Å². The minimum atomic E-state index is -0.521. The SMILES string of the molecule is CCOC(=O)CNC(=O)NCc1ccccc1-c1ccc(C2OC(CN3CCCCC3)C(C)C(c3ccc(CO)cc3)O2)cc1. The van der Waals surface area contributed by atoms with Crippen LogP contribution in [0.4, 0.5) is 4.79 Å². The number of urea groups is 1. The Morgan fingerprint density at radius 1 is 0.911 bits per heavy atom. The summed E-state index contributed by atoms with van der Waals surface area (Å²) in [7, 11) is 0. The van der Waals surface area contributed by atoms with E-state index in [9.17, 15) is 14.7 Å². The number of amides is 2. The minimum Gasteiger partial charge on any atom is -0.465 e. The number of aliphatic hydroxyl groups excluding tert-OH is 1. The Morgan fingerprint density at radius 3 is 2.33 bits per heavy atom. The lowest BCUT2D eigenvalue weighted by Crippen LogP contribution is -2.45. The summed E-state index contributed by atoms with van der Waals surface area (Å²) in [6.07, 6.45) is 3.08. The van der Waals surface area contributed by atoms with E-state index in [0.29, 0.717) is 6.54 Å². The van der Waals surface area contributed by atoms with Crippen LogP contribution >= 0.6 is 0 Å². The molecule has 240 valence electrons. The van der Waals surface area contributed by atoms with Crippen molar-refractivity contribution in [3.05, 3.63) is 95.1 Å². The third-order valence-electron chi connectivity index (χ3n) is 8.66. The van der Waals surface area contributed by atoms with Crippen molar-refractivity contribution < 1.29 is 28.9 Å². The Morgan fingerprint density at radius 2 is 1.62 bits per heavy atom. The van der Waals surface area contributed by atoms with Gasteiger partial charge < -0.3 is 34.9 Å². The first-order valence-corrected chi connectivity index (χ1v) is 16.0. The molecule has 5 rings (SSSR count).